The Labute approximate surface area is 150 Å². The minimum Gasteiger partial charge on any atom is -0.339 e. The Kier molecular flexibility index (Phi) is 5.93. The molecule has 0 fully saturated rings. The number of carbonyl (C=O) groups is 2. The molecule has 9 heteroatoms. The molecule has 2 rings (SSSR count). The monoisotopic (exact) mass is 381 g/mol. The van der Waals surface area contributed by atoms with Gasteiger partial charge in [0.25, 0.3) is 5.91 Å². The third-order valence-electron chi connectivity index (χ3n) is 3.43. The Morgan fingerprint density at radius 1 is 1.12 bits per heavy atom. The van der Waals surface area contributed by atoms with Crippen LogP contribution in [-0.2, 0) is 14.8 Å². The van der Waals surface area contributed by atoms with E-state index in [1.165, 1.54) is 35.6 Å². The summed E-state index contributed by atoms with van der Waals surface area (Å²) in [7, 11) is -3.79. The van der Waals surface area contributed by atoms with E-state index in [1.54, 1.807) is 17.5 Å². The second-order valence-corrected chi connectivity index (χ2v) is 8.24. The summed E-state index contributed by atoms with van der Waals surface area (Å²) >= 11 is 1.29. The maximum atomic E-state index is 12.5. The lowest BCUT2D eigenvalue weighted by Gasteiger charge is -2.21. The van der Waals surface area contributed by atoms with E-state index in [-0.39, 0.29) is 22.6 Å². The maximum Gasteiger partial charge on any atom is 0.262 e. The van der Waals surface area contributed by atoms with Crippen LogP contribution in [-0.4, -0.2) is 26.3 Å². The van der Waals surface area contributed by atoms with Crippen molar-refractivity contribution in [1.82, 2.24) is 5.32 Å². The molecule has 0 aliphatic rings. The van der Waals surface area contributed by atoms with Crippen molar-refractivity contribution in [1.29, 1.82) is 0 Å². The van der Waals surface area contributed by atoms with Crippen molar-refractivity contribution in [2.45, 2.75) is 24.8 Å². The smallest absolute Gasteiger partial charge is 0.262 e. The summed E-state index contributed by atoms with van der Waals surface area (Å²) in [5.74, 6) is -0.829. The van der Waals surface area contributed by atoms with Gasteiger partial charge in [-0.05, 0) is 41.6 Å². The minimum absolute atomic E-state index is 0.0445. The van der Waals surface area contributed by atoms with Gasteiger partial charge in [0.15, 0.2) is 0 Å². The lowest BCUT2D eigenvalue weighted by molar-refractivity contribution is -0.118. The molecule has 0 aliphatic carbocycles. The Morgan fingerprint density at radius 3 is 2.24 bits per heavy atom. The molecule has 2 amide bonds. The fourth-order valence-electron chi connectivity index (χ4n) is 2.10. The highest BCUT2D eigenvalue weighted by Crippen LogP contribution is 2.15. The van der Waals surface area contributed by atoms with Crippen LogP contribution in [0.15, 0.2) is 46.7 Å². The molecule has 4 N–H and O–H groups in total. The number of primary sulfonamides is 1. The first-order valence-electron chi connectivity index (χ1n) is 7.46. The molecule has 1 heterocycles. The first kappa shape index (κ1) is 19.1. The first-order chi connectivity index (χ1) is 11.7. The van der Waals surface area contributed by atoms with Crippen LogP contribution in [0.2, 0.25) is 0 Å². The average molecular weight is 381 g/mol. The number of nitrogens with two attached hydrogens (primary N) is 1. The normalized spacial score (nSPS) is 12.6. The number of amides is 2. The molecule has 0 unspecified atom stereocenters. The zero-order chi connectivity index (χ0) is 18.6. The topological polar surface area (TPSA) is 118 Å². The van der Waals surface area contributed by atoms with Crippen molar-refractivity contribution >= 4 is 38.9 Å². The number of anilines is 1. The van der Waals surface area contributed by atoms with Crippen LogP contribution in [0.25, 0.3) is 0 Å². The number of hydrogen-bond donors (Lipinski definition) is 3. The molecule has 2 aromatic rings. The van der Waals surface area contributed by atoms with Gasteiger partial charge in [0.2, 0.25) is 15.9 Å². The minimum atomic E-state index is -3.79. The van der Waals surface area contributed by atoms with Crippen LogP contribution < -0.4 is 15.8 Å². The van der Waals surface area contributed by atoms with Crippen molar-refractivity contribution in [2.24, 2.45) is 11.1 Å². The van der Waals surface area contributed by atoms with Gasteiger partial charge in [-0.25, -0.2) is 13.6 Å². The molecule has 0 spiro atoms. The van der Waals surface area contributed by atoms with Crippen LogP contribution >= 0.6 is 11.3 Å². The number of rotatable bonds is 6. The average Bonchev–Trinajstić information content (AvgIpc) is 3.06. The summed E-state index contributed by atoms with van der Waals surface area (Å²) in [5.41, 5.74) is 0.411. The highest BCUT2D eigenvalue weighted by Gasteiger charge is 2.25. The van der Waals surface area contributed by atoms with Gasteiger partial charge < -0.3 is 10.6 Å². The van der Waals surface area contributed by atoms with Gasteiger partial charge in [-0.2, -0.15) is 0 Å². The van der Waals surface area contributed by atoms with Gasteiger partial charge in [-0.3, -0.25) is 9.59 Å². The summed E-state index contributed by atoms with van der Waals surface area (Å²) in [4.78, 5) is 25.1. The Balaban J connectivity index is 2.09. The first-order valence-corrected chi connectivity index (χ1v) is 9.89. The van der Waals surface area contributed by atoms with E-state index in [9.17, 15) is 18.0 Å². The Hall–Kier alpha value is -2.23. The zero-order valence-electron chi connectivity index (χ0n) is 13.7. The van der Waals surface area contributed by atoms with Gasteiger partial charge >= 0.3 is 0 Å². The van der Waals surface area contributed by atoms with E-state index in [0.717, 1.165) is 0 Å². The highest BCUT2D eigenvalue weighted by atomic mass is 32.2. The zero-order valence-corrected chi connectivity index (χ0v) is 15.4. The lowest BCUT2D eigenvalue weighted by Crippen LogP contribution is -2.46. The summed E-state index contributed by atoms with van der Waals surface area (Å²) < 4.78 is 22.5. The van der Waals surface area contributed by atoms with E-state index in [1.807, 2.05) is 13.8 Å². The Morgan fingerprint density at radius 2 is 1.76 bits per heavy atom. The van der Waals surface area contributed by atoms with Gasteiger partial charge in [0, 0.05) is 5.69 Å². The van der Waals surface area contributed by atoms with Gasteiger partial charge in [-0.15, -0.1) is 11.3 Å². The van der Waals surface area contributed by atoms with Crippen molar-refractivity contribution < 1.29 is 18.0 Å². The molecule has 25 heavy (non-hydrogen) atoms. The van der Waals surface area contributed by atoms with Crippen molar-refractivity contribution in [3.05, 3.63) is 46.7 Å². The van der Waals surface area contributed by atoms with E-state index in [0.29, 0.717) is 10.6 Å². The van der Waals surface area contributed by atoms with Crippen LogP contribution in [0.3, 0.4) is 0 Å². The number of benzene rings is 1. The molecule has 0 bridgehead atoms. The highest BCUT2D eigenvalue weighted by molar-refractivity contribution is 7.89. The largest absolute Gasteiger partial charge is 0.339 e. The fraction of sp³-hybridized carbons (Fsp3) is 0.250. The van der Waals surface area contributed by atoms with E-state index in [4.69, 9.17) is 5.14 Å². The molecule has 1 aromatic heterocycles. The third kappa shape index (κ3) is 5.12. The summed E-state index contributed by atoms with van der Waals surface area (Å²) in [6.45, 7) is 3.64. The fourth-order valence-corrected chi connectivity index (χ4v) is 3.25. The molecule has 134 valence electrons. The molecule has 0 saturated carbocycles. The van der Waals surface area contributed by atoms with Crippen LogP contribution in [0.4, 0.5) is 5.69 Å². The number of thiophene rings is 1. The van der Waals surface area contributed by atoms with Crippen molar-refractivity contribution in [3.63, 3.8) is 0 Å². The predicted octanol–water partition coefficient (Wildman–Crippen LogP) is 1.79. The SMILES string of the molecule is CC(C)[C@@H](NC(=O)c1cccs1)C(=O)Nc1ccc(S(N)(=O)=O)cc1. The number of sulfonamides is 1. The van der Waals surface area contributed by atoms with Crippen molar-refractivity contribution in [2.75, 3.05) is 5.32 Å². The third-order valence-corrected chi connectivity index (χ3v) is 5.23. The second kappa shape index (κ2) is 7.77. The lowest BCUT2D eigenvalue weighted by atomic mass is 10.0. The molecule has 0 aliphatic heterocycles. The van der Waals surface area contributed by atoms with Crippen LogP contribution in [0.5, 0.6) is 0 Å². The van der Waals surface area contributed by atoms with E-state index < -0.39 is 16.1 Å². The Bertz CT molecular complexity index is 844. The second-order valence-electron chi connectivity index (χ2n) is 5.73. The van der Waals surface area contributed by atoms with Gasteiger partial charge in [0.05, 0.1) is 9.77 Å². The number of hydrogen-bond acceptors (Lipinski definition) is 5. The van der Waals surface area contributed by atoms with Crippen LogP contribution in [0, 0.1) is 5.92 Å². The molecule has 7 nitrogen and oxygen atoms in total. The van der Waals surface area contributed by atoms with Crippen LogP contribution in [0.1, 0.15) is 23.5 Å². The summed E-state index contributed by atoms with van der Waals surface area (Å²) in [6.07, 6.45) is 0. The van der Waals surface area contributed by atoms with E-state index >= 15 is 0 Å². The maximum absolute atomic E-state index is 12.5. The molecular formula is C16H19N3O4S2. The quantitative estimate of drug-likeness (QED) is 0.707. The molecule has 1 atom stereocenters. The van der Waals surface area contributed by atoms with Crippen molar-refractivity contribution in [3.8, 4) is 0 Å². The van der Waals surface area contributed by atoms with Gasteiger partial charge in [-0.1, -0.05) is 19.9 Å². The van der Waals surface area contributed by atoms with E-state index in [2.05, 4.69) is 10.6 Å². The number of nitrogens with one attached hydrogen (secondary N) is 2. The standard InChI is InChI=1S/C16H19N3O4S2/c1-10(2)14(19-15(20)13-4-3-9-24-13)16(21)18-11-5-7-12(8-6-11)25(17,22)23/h3-10,14H,1-2H3,(H,18,21)(H,19,20)(H2,17,22,23)/t14-/m1/s1. The summed E-state index contributed by atoms with van der Waals surface area (Å²) in [5, 5.41) is 12.2. The molecule has 1 aromatic carbocycles. The van der Waals surface area contributed by atoms with Gasteiger partial charge in [0.1, 0.15) is 6.04 Å². The molecule has 0 saturated heterocycles. The molecule has 0 radical (unpaired) electrons. The number of carbonyl (C=O) groups excluding carboxylic acids is 2. The predicted molar refractivity (Wildman–Crippen MR) is 96.9 cm³/mol. The summed E-state index contributed by atoms with van der Waals surface area (Å²) in [6, 6.07) is 8.21. The molecular weight excluding hydrogens is 362 g/mol.